The van der Waals surface area contributed by atoms with Crippen molar-refractivity contribution in [2.45, 2.75) is 13.8 Å². The standard InChI is InChI=1S/C20H19N5O4/c1-3-29-17-9-7-15(8-10-17)23-19-18(25(27)28)20(22-12-21-19)24-16-6-4-5-14(11-16)13(2)26/h4-12H,3H2,1-2H3,(H2,21,22,23,24). The molecule has 9 heteroatoms. The van der Waals surface area contributed by atoms with E-state index in [1.807, 2.05) is 6.92 Å². The highest BCUT2D eigenvalue weighted by Gasteiger charge is 2.23. The van der Waals surface area contributed by atoms with Crippen molar-refractivity contribution in [2.24, 2.45) is 0 Å². The summed E-state index contributed by atoms with van der Waals surface area (Å²) in [6, 6.07) is 13.6. The first-order valence-electron chi connectivity index (χ1n) is 8.85. The largest absolute Gasteiger partial charge is 0.494 e. The molecule has 148 valence electrons. The summed E-state index contributed by atoms with van der Waals surface area (Å²) < 4.78 is 5.39. The van der Waals surface area contributed by atoms with Gasteiger partial charge in [-0.05, 0) is 50.2 Å². The smallest absolute Gasteiger partial charge is 0.353 e. The number of anilines is 4. The van der Waals surface area contributed by atoms with Crippen LogP contribution in [0.1, 0.15) is 24.2 Å². The van der Waals surface area contributed by atoms with Crippen LogP contribution in [0.2, 0.25) is 0 Å². The van der Waals surface area contributed by atoms with Gasteiger partial charge in [0.25, 0.3) is 0 Å². The molecule has 29 heavy (non-hydrogen) atoms. The van der Waals surface area contributed by atoms with Gasteiger partial charge in [0, 0.05) is 16.9 Å². The van der Waals surface area contributed by atoms with Crippen molar-refractivity contribution in [1.29, 1.82) is 0 Å². The first kappa shape index (κ1) is 19.7. The summed E-state index contributed by atoms with van der Waals surface area (Å²) in [5, 5.41) is 17.5. The molecule has 0 aliphatic heterocycles. The third-order valence-electron chi connectivity index (χ3n) is 3.96. The number of ketones is 1. The first-order valence-corrected chi connectivity index (χ1v) is 8.85. The molecule has 1 heterocycles. The van der Waals surface area contributed by atoms with Gasteiger partial charge in [0.15, 0.2) is 5.78 Å². The van der Waals surface area contributed by atoms with Crippen LogP contribution in [0.4, 0.5) is 28.7 Å². The molecule has 1 aromatic heterocycles. The minimum absolute atomic E-state index is 0.0131. The van der Waals surface area contributed by atoms with E-state index < -0.39 is 4.92 Å². The van der Waals surface area contributed by atoms with E-state index in [9.17, 15) is 14.9 Å². The molecule has 0 bridgehead atoms. The Morgan fingerprint density at radius 2 is 1.72 bits per heavy atom. The lowest BCUT2D eigenvalue weighted by Crippen LogP contribution is -2.06. The Bertz CT molecular complexity index is 1040. The summed E-state index contributed by atoms with van der Waals surface area (Å²) in [6.45, 7) is 3.88. The second-order valence-electron chi connectivity index (χ2n) is 6.02. The molecule has 0 spiro atoms. The maximum absolute atomic E-state index is 11.7. The van der Waals surface area contributed by atoms with Crippen molar-refractivity contribution >= 4 is 34.5 Å². The highest BCUT2D eigenvalue weighted by Crippen LogP contribution is 2.33. The van der Waals surface area contributed by atoms with Gasteiger partial charge < -0.3 is 15.4 Å². The number of hydrogen-bond donors (Lipinski definition) is 2. The van der Waals surface area contributed by atoms with E-state index in [-0.39, 0.29) is 23.1 Å². The molecule has 0 atom stereocenters. The zero-order chi connectivity index (χ0) is 20.8. The van der Waals surface area contributed by atoms with Gasteiger partial charge in [-0.15, -0.1) is 0 Å². The maximum atomic E-state index is 11.7. The lowest BCUT2D eigenvalue weighted by Gasteiger charge is -2.11. The number of rotatable bonds is 8. The minimum Gasteiger partial charge on any atom is -0.494 e. The number of nitro groups is 1. The van der Waals surface area contributed by atoms with Crippen LogP contribution in [0.25, 0.3) is 0 Å². The molecule has 3 aromatic rings. The van der Waals surface area contributed by atoms with Gasteiger partial charge in [-0.1, -0.05) is 12.1 Å². The summed E-state index contributed by atoms with van der Waals surface area (Å²) in [6.07, 6.45) is 1.22. The molecule has 0 radical (unpaired) electrons. The number of aromatic nitrogens is 2. The number of nitrogens with zero attached hydrogens (tertiary/aromatic N) is 3. The van der Waals surface area contributed by atoms with E-state index in [0.29, 0.717) is 29.3 Å². The van der Waals surface area contributed by atoms with Crippen molar-refractivity contribution in [1.82, 2.24) is 9.97 Å². The van der Waals surface area contributed by atoms with Crippen LogP contribution in [0.3, 0.4) is 0 Å². The van der Waals surface area contributed by atoms with Gasteiger partial charge in [0.1, 0.15) is 12.1 Å². The van der Waals surface area contributed by atoms with Crippen LogP contribution in [0.15, 0.2) is 54.9 Å². The lowest BCUT2D eigenvalue weighted by molar-refractivity contribution is -0.383. The highest BCUT2D eigenvalue weighted by molar-refractivity contribution is 5.95. The molecule has 0 fully saturated rings. The van der Waals surface area contributed by atoms with Crippen molar-refractivity contribution < 1.29 is 14.5 Å². The Morgan fingerprint density at radius 1 is 1.07 bits per heavy atom. The second kappa shape index (κ2) is 8.79. The Balaban J connectivity index is 1.90. The Labute approximate surface area is 166 Å². The molecule has 2 N–H and O–H groups in total. The van der Waals surface area contributed by atoms with Crippen molar-refractivity contribution in [3.8, 4) is 5.75 Å². The number of carbonyl (C=O) groups is 1. The summed E-state index contributed by atoms with van der Waals surface area (Å²) in [5.41, 5.74) is 1.29. The SMILES string of the molecule is CCOc1ccc(Nc2ncnc(Nc3cccc(C(C)=O)c3)c2[N+](=O)[O-])cc1. The fourth-order valence-electron chi connectivity index (χ4n) is 2.63. The van der Waals surface area contributed by atoms with Crippen LogP contribution in [0.5, 0.6) is 5.75 Å². The zero-order valence-electron chi connectivity index (χ0n) is 15.9. The Kier molecular flexibility index (Phi) is 5.98. The summed E-state index contributed by atoms with van der Waals surface area (Å²) >= 11 is 0. The van der Waals surface area contributed by atoms with Crippen LogP contribution in [-0.4, -0.2) is 27.3 Å². The third-order valence-corrected chi connectivity index (χ3v) is 3.96. The minimum atomic E-state index is -0.561. The molecule has 0 amide bonds. The van der Waals surface area contributed by atoms with Crippen LogP contribution in [-0.2, 0) is 0 Å². The highest BCUT2D eigenvalue weighted by atomic mass is 16.6. The number of hydrogen-bond acceptors (Lipinski definition) is 8. The third kappa shape index (κ3) is 4.83. The van der Waals surface area contributed by atoms with Gasteiger partial charge in [0.05, 0.1) is 11.5 Å². The molecule has 3 rings (SSSR count). The maximum Gasteiger partial charge on any atom is 0.353 e. The van der Waals surface area contributed by atoms with Gasteiger partial charge >= 0.3 is 5.69 Å². The van der Waals surface area contributed by atoms with Crippen molar-refractivity contribution in [2.75, 3.05) is 17.2 Å². The van der Waals surface area contributed by atoms with Crippen molar-refractivity contribution in [3.05, 3.63) is 70.5 Å². The molecular weight excluding hydrogens is 374 g/mol. The fraction of sp³-hybridized carbons (Fsp3) is 0.150. The van der Waals surface area contributed by atoms with E-state index in [1.165, 1.54) is 13.3 Å². The lowest BCUT2D eigenvalue weighted by atomic mass is 10.1. The molecule has 2 aromatic carbocycles. The van der Waals surface area contributed by atoms with E-state index in [1.54, 1.807) is 48.5 Å². The number of Topliss-reactive ketones (excluding diaryl/α,β-unsaturated/α-hetero) is 1. The van der Waals surface area contributed by atoms with Crippen molar-refractivity contribution in [3.63, 3.8) is 0 Å². The van der Waals surface area contributed by atoms with Gasteiger partial charge in [0.2, 0.25) is 11.6 Å². The van der Waals surface area contributed by atoms with E-state index in [0.717, 1.165) is 0 Å². The molecular formula is C20H19N5O4. The topological polar surface area (TPSA) is 119 Å². The molecule has 0 aliphatic rings. The normalized spacial score (nSPS) is 10.3. The van der Waals surface area contributed by atoms with E-state index >= 15 is 0 Å². The molecule has 0 saturated heterocycles. The van der Waals surface area contributed by atoms with Gasteiger partial charge in [-0.2, -0.15) is 0 Å². The second-order valence-corrected chi connectivity index (χ2v) is 6.02. The van der Waals surface area contributed by atoms with Crippen LogP contribution < -0.4 is 15.4 Å². The average Bonchev–Trinajstić information content (AvgIpc) is 2.70. The van der Waals surface area contributed by atoms with E-state index in [2.05, 4.69) is 20.6 Å². The van der Waals surface area contributed by atoms with Crippen LogP contribution >= 0.6 is 0 Å². The molecule has 9 nitrogen and oxygen atoms in total. The number of benzene rings is 2. The summed E-state index contributed by atoms with van der Waals surface area (Å²) in [5.74, 6) is 0.644. The Hall–Kier alpha value is -4.01. The number of nitrogens with one attached hydrogen (secondary N) is 2. The monoisotopic (exact) mass is 393 g/mol. The quantitative estimate of drug-likeness (QED) is 0.327. The fourth-order valence-corrected chi connectivity index (χ4v) is 2.63. The van der Waals surface area contributed by atoms with E-state index in [4.69, 9.17) is 4.74 Å². The molecule has 0 saturated carbocycles. The first-order chi connectivity index (χ1) is 14.0. The Morgan fingerprint density at radius 3 is 2.31 bits per heavy atom. The zero-order valence-corrected chi connectivity index (χ0v) is 15.9. The molecule has 0 unspecified atom stereocenters. The molecule has 0 aliphatic carbocycles. The summed E-state index contributed by atoms with van der Waals surface area (Å²) in [4.78, 5) is 30.7. The van der Waals surface area contributed by atoms with Crippen LogP contribution in [0, 0.1) is 10.1 Å². The predicted molar refractivity (Wildman–Crippen MR) is 109 cm³/mol. The number of ether oxygens (including phenoxy) is 1. The predicted octanol–water partition coefficient (Wildman–Crippen LogP) is 4.47. The average molecular weight is 393 g/mol. The summed E-state index contributed by atoms with van der Waals surface area (Å²) in [7, 11) is 0. The number of carbonyl (C=O) groups excluding carboxylic acids is 1. The van der Waals surface area contributed by atoms with Gasteiger partial charge in [-0.25, -0.2) is 9.97 Å². The van der Waals surface area contributed by atoms with Gasteiger partial charge in [-0.3, -0.25) is 14.9 Å².